The van der Waals surface area contributed by atoms with Crippen LogP contribution in [0.25, 0.3) is 0 Å². The lowest BCUT2D eigenvalue weighted by molar-refractivity contribution is -0.384. The molecule has 0 aliphatic carbocycles. The van der Waals surface area contributed by atoms with Crippen LogP contribution in [0.15, 0.2) is 47.5 Å². The standard InChI is InChI=1S/C16H19N3O4S/c20-19(21)13-5-7-14(8-6-13)24(22,23)12-11-18-10-2-4-16(18)15-3-1-9-17-15/h1,3,5-9,16-17H,2,4,10-12H2/t16-/m0/s1. The summed E-state index contributed by atoms with van der Waals surface area (Å²) in [6.07, 6.45) is 3.93. The molecule has 1 aliphatic heterocycles. The summed E-state index contributed by atoms with van der Waals surface area (Å²) in [6, 6.07) is 9.26. The number of nitro benzene ring substituents is 1. The molecule has 0 amide bonds. The third-order valence-electron chi connectivity index (χ3n) is 4.40. The number of benzene rings is 1. The highest BCUT2D eigenvalue weighted by atomic mass is 32.2. The predicted molar refractivity (Wildman–Crippen MR) is 89.5 cm³/mol. The monoisotopic (exact) mass is 349 g/mol. The van der Waals surface area contributed by atoms with E-state index in [9.17, 15) is 18.5 Å². The number of sulfone groups is 1. The quantitative estimate of drug-likeness (QED) is 0.638. The van der Waals surface area contributed by atoms with Gasteiger partial charge in [0.2, 0.25) is 0 Å². The van der Waals surface area contributed by atoms with E-state index in [0.717, 1.165) is 25.1 Å². The predicted octanol–water partition coefficient (Wildman–Crippen LogP) is 2.53. The van der Waals surface area contributed by atoms with Gasteiger partial charge in [0, 0.05) is 36.6 Å². The third-order valence-corrected chi connectivity index (χ3v) is 6.11. The first-order valence-electron chi connectivity index (χ1n) is 7.82. The molecule has 2 heterocycles. The first-order chi connectivity index (χ1) is 11.5. The zero-order valence-corrected chi connectivity index (χ0v) is 13.9. The van der Waals surface area contributed by atoms with Crippen LogP contribution in [-0.2, 0) is 9.84 Å². The molecule has 0 unspecified atom stereocenters. The summed E-state index contributed by atoms with van der Waals surface area (Å²) in [6.45, 7) is 1.32. The molecule has 2 aromatic rings. The number of hydrogen-bond acceptors (Lipinski definition) is 5. The second-order valence-electron chi connectivity index (χ2n) is 5.89. The fourth-order valence-corrected chi connectivity index (χ4v) is 4.39. The number of rotatable bonds is 6. The van der Waals surface area contributed by atoms with Gasteiger partial charge in [-0.2, -0.15) is 0 Å². The molecule has 8 heteroatoms. The van der Waals surface area contributed by atoms with Crippen molar-refractivity contribution in [2.75, 3.05) is 18.8 Å². The van der Waals surface area contributed by atoms with Crippen molar-refractivity contribution >= 4 is 15.5 Å². The summed E-state index contributed by atoms with van der Waals surface area (Å²) in [4.78, 5) is 15.6. The van der Waals surface area contributed by atoms with Crippen molar-refractivity contribution in [3.05, 3.63) is 58.4 Å². The maximum Gasteiger partial charge on any atom is 0.269 e. The van der Waals surface area contributed by atoms with E-state index in [-0.39, 0.29) is 22.4 Å². The molecular weight excluding hydrogens is 330 g/mol. The summed E-state index contributed by atoms with van der Waals surface area (Å²) in [7, 11) is -3.46. The Labute approximate surface area is 140 Å². The van der Waals surface area contributed by atoms with Gasteiger partial charge in [-0.15, -0.1) is 0 Å². The molecule has 0 bridgehead atoms. The van der Waals surface area contributed by atoms with Gasteiger partial charge in [0.05, 0.1) is 15.6 Å². The fraction of sp³-hybridized carbons (Fsp3) is 0.375. The van der Waals surface area contributed by atoms with Crippen LogP contribution in [0.3, 0.4) is 0 Å². The van der Waals surface area contributed by atoms with Gasteiger partial charge in [-0.3, -0.25) is 15.0 Å². The highest BCUT2D eigenvalue weighted by molar-refractivity contribution is 7.91. The normalized spacial score (nSPS) is 18.8. The minimum absolute atomic E-state index is 0.00200. The van der Waals surface area contributed by atoms with E-state index in [0.29, 0.717) is 6.54 Å². The lowest BCUT2D eigenvalue weighted by Crippen LogP contribution is -2.29. The van der Waals surface area contributed by atoms with E-state index in [1.54, 1.807) is 0 Å². The van der Waals surface area contributed by atoms with Crippen molar-refractivity contribution in [3.63, 3.8) is 0 Å². The SMILES string of the molecule is O=[N+]([O-])c1ccc(S(=O)(=O)CCN2CCC[C@H]2c2ccc[nH]2)cc1. The van der Waals surface area contributed by atoms with Crippen LogP contribution in [0.1, 0.15) is 24.6 Å². The Bertz CT molecular complexity index is 800. The van der Waals surface area contributed by atoms with Crippen LogP contribution < -0.4 is 0 Å². The van der Waals surface area contributed by atoms with Gasteiger partial charge < -0.3 is 4.98 Å². The van der Waals surface area contributed by atoms with Crippen molar-refractivity contribution in [2.45, 2.75) is 23.8 Å². The van der Waals surface area contributed by atoms with Gasteiger partial charge in [-0.1, -0.05) is 0 Å². The Kier molecular flexibility index (Phi) is 4.68. The Hall–Kier alpha value is -2.19. The highest BCUT2D eigenvalue weighted by Gasteiger charge is 2.28. The van der Waals surface area contributed by atoms with Gasteiger partial charge in [0.25, 0.3) is 5.69 Å². The molecule has 1 saturated heterocycles. The number of H-pyrrole nitrogens is 1. The van der Waals surface area contributed by atoms with Gasteiger partial charge in [-0.05, 0) is 43.7 Å². The maximum atomic E-state index is 12.5. The average Bonchev–Trinajstić information content (AvgIpc) is 3.24. The van der Waals surface area contributed by atoms with E-state index in [1.807, 2.05) is 18.3 Å². The Morgan fingerprint density at radius 2 is 2.00 bits per heavy atom. The summed E-state index contributed by atoms with van der Waals surface area (Å²) in [5, 5.41) is 10.7. The van der Waals surface area contributed by atoms with Crippen LogP contribution in [0, 0.1) is 10.1 Å². The molecule has 1 aromatic heterocycles. The Morgan fingerprint density at radius 3 is 2.62 bits per heavy atom. The molecule has 1 fully saturated rings. The molecule has 3 rings (SSSR count). The zero-order valence-electron chi connectivity index (χ0n) is 13.1. The number of nitrogens with one attached hydrogen (secondary N) is 1. The molecule has 1 aromatic carbocycles. The highest BCUT2D eigenvalue weighted by Crippen LogP contribution is 2.30. The fourth-order valence-electron chi connectivity index (χ4n) is 3.13. The first-order valence-corrected chi connectivity index (χ1v) is 9.47. The molecule has 0 radical (unpaired) electrons. The molecule has 128 valence electrons. The van der Waals surface area contributed by atoms with E-state index in [4.69, 9.17) is 0 Å². The molecule has 1 N–H and O–H groups in total. The number of nitro groups is 1. The minimum atomic E-state index is -3.46. The Morgan fingerprint density at radius 1 is 1.25 bits per heavy atom. The number of likely N-dealkylation sites (tertiary alicyclic amines) is 1. The van der Waals surface area contributed by atoms with E-state index >= 15 is 0 Å². The third kappa shape index (κ3) is 3.49. The van der Waals surface area contributed by atoms with Crippen molar-refractivity contribution in [1.82, 2.24) is 9.88 Å². The van der Waals surface area contributed by atoms with Gasteiger partial charge in [0.1, 0.15) is 0 Å². The number of non-ortho nitro benzene ring substituents is 1. The topological polar surface area (TPSA) is 96.3 Å². The van der Waals surface area contributed by atoms with Crippen LogP contribution in [0.5, 0.6) is 0 Å². The van der Waals surface area contributed by atoms with Gasteiger partial charge in [-0.25, -0.2) is 8.42 Å². The van der Waals surface area contributed by atoms with Crippen LogP contribution in [0.4, 0.5) is 5.69 Å². The van der Waals surface area contributed by atoms with Gasteiger partial charge in [0.15, 0.2) is 9.84 Å². The molecule has 1 atom stereocenters. The summed E-state index contributed by atoms with van der Waals surface area (Å²) in [5.41, 5.74) is 1.00. The number of nitrogens with zero attached hydrogens (tertiary/aromatic N) is 2. The summed E-state index contributed by atoms with van der Waals surface area (Å²) in [5.74, 6) is 0.00200. The minimum Gasteiger partial charge on any atom is -0.364 e. The van der Waals surface area contributed by atoms with E-state index in [1.165, 1.54) is 24.3 Å². The van der Waals surface area contributed by atoms with E-state index < -0.39 is 14.8 Å². The smallest absolute Gasteiger partial charge is 0.269 e. The molecule has 0 spiro atoms. The second-order valence-corrected chi connectivity index (χ2v) is 8.00. The van der Waals surface area contributed by atoms with Crippen LogP contribution in [-0.4, -0.2) is 42.1 Å². The van der Waals surface area contributed by atoms with E-state index in [2.05, 4.69) is 9.88 Å². The first kappa shape index (κ1) is 16.7. The van der Waals surface area contributed by atoms with Crippen molar-refractivity contribution in [3.8, 4) is 0 Å². The molecule has 7 nitrogen and oxygen atoms in total. The largest absolute Gasteiger partial charge is 0.364 e. The molecule has 0 saturated carbocycles. The summed E-state index contributed by atoms with van der Waals surface area (Å²) >= 11 is 0. The lowest BCUT2D eigenvalue weighted by Gasteiger charge is -2.23. The average molecular weight is 349 g/mol. The summed E-state index contributed by atoms with van der Waals surface area (Å²) < 4.78 is 24.9. The number of aromatic amines is 1. The lowest BCUT2D eigenvalue weighted by atomic mass is 10.1. The zero-order chi connectivity index (χ0) is 17.2. The van der Waals surface area contributed by atoms with Crippen LogP contribution >= 0.6 is 0 Å². The molecule has 1 aliphatic rings. The van der Waals surface area contributed by atoms with Gasteiger partial charge >= 0.3 is 0 Å². The van der Waals surface area contributed by atoms with Crippen LogP contribution in [0.2, 0.25) is 0 Å². The molecule has 24 heavy (non-hydrogen) atoms. The second kappa shape index (κ2) is 6.74. The number of hydrogen-bond donors (Lipinski definition) is 1. The molecular formula is C16H19N3O4S. The number of aromatic nitrogens is 1. The Balaban J connectivity index is 1.67. The maximum absolute atomic E-state index is 12.5. The van der Waals surface area contributed by atoms with Crippen molar-refractivity contribution in [2.24, 2.45) is 0 Å². The van der Waals surface area contributed by atoms with Crippen molar-refractivity contribution < 1.29 is 13.3 Å². The van der Waals surface area contributed by atoms with Crippen molar-refractivity contribution in [1.29, 1.82) is 0 Å².